The predicted molar refractivity (Wildman–Crippen MR) is 54.4 cm³/mol. The molecule has 1 saturated carbocycles. The lowest BCUT2D eigenvalue weighted by molar-refractivity contribution is -0.201. The summed E-state index contributed by atoms with van der Waals surface area (Å²) >= 11 is 0. The number of alkyl halides is 3. The number of hydrogen-bond acceptors (Lipinski definition) is 2. The molecule has 1 aliphatic carbocycles. The summed E-state index contributed by atoms with van der Waals surface area (Å²) in [5.74, 6) is -0.776. The van der Waals surface area contributed by atoms with E-state index in [1.165, 1.54) is 11.1 Å². The molecule has 1 aliphatic heterocycles. The molecule has 2 fully saturated rings. The number of likely N-dealkylation sites (tertiary alicyclic amines) is 1. The second-order valence-electron chi connectivity index (χ2n) is 4.86. The van der Waals surface area contributed by atoms with E-state index in [4.69, 9.17) is 0 Å². The average molecular weight is 258 g/mol. The molecular formula is C11H11F3N3O. The smallest absolute Gasteiger partial charge is 0.337 e. The van der Waals surface area contributed by atoms with E-state index in [0.29, 0.717) is 13.1 Å². The summed E-state index contributed by atoms with van der Waals surface area (Å²) in [6.07, 6.45) is -1.46. The van der Waals surface area contributed by atoms with E-state index in [2.05, 4.69) is 11.2 Å². The van der Waals surface area contributed by atoms with Crippen LogP contribution in [0.2, 0.25) is 0 Å². The number of nitrogens with zero attached hydrogens (tertiary/aromatic N) is 3. The van der Waals surface area contributed by atoms with Crippen LogP contribution in [0.1, 0.15) is 18.9 Å². The first kappa shape index (κ1) is 11.6. The van der Waals surface area contributed by atoms with Crippen molar-refractivity contribution >= 4 is 5.91 Å². The fourth-order valence-electron chi connectivity index (χ4n) is 2.28. The predicted octanol–water partition coefficient (Wildman–Crippen LogP) is 1.41. The second kappa shape index (κ2) is 3.49. The number of carbonyl (C=O) groups excluding carboxylic acids is 1. The number of aromatic nitrogens is 2. The molecule has 0 atom stereocenters. The Labute approximate surface area is 101 Å². The fraction of sp³-hybridized carbons (Fsp3) is 0.636. The summed E-state index contributed by atoms with van der Waals surface area (Å²) in [4.78, 5) is 13.1. The van der Waals surface area contributed by atoms with E-state index in [9.17, 15) is 18.0 Å². The van der Waals surface area contributed by atoms with Crippen LogP contribution in [0.4, 0.5) is 13.2 Å². The Morgan fingerprint density at radius 1 is 1.39 bits per heavy atom. The summed E-state index contributed by atoms with van der Waals surface area (Å²) in [7, 11) is 0. The second-order valence-corrected chi connectivity index (χ2v) is 4.86. The maximum atomic E-state index is 12.8. The molecule has 4 nitrogen and oxygen atoms in total. The fourth-order valence-corrected chi connectivity index (χ4v) is 2.28. The maximum absolute atomic E-state index is 12.8. The third-order valence-electron chi connectivity index (χ3n) is 3.70. The first-order chi connectivity index (χ1) is 8.44. The summed E-state index contributed by atoms with van der Waals surface area (Å²) < 4.78 is 39.9. The van der Waals surface area contributed by atoms with Gasteiger partial charge in [0.05, 0.1) is 12.2 Å². The molecule has 0 spiro atoms. The lowest BCUT2D eigenvalue weighted by atomic mass is 10.00. The van der Waals surface area contributed by atoms with Crippen LogP contribution >= 0.6 is 0 Å². The van der Waals surface area contributed by atoms with Gasteiger partial charge in [0.25, 0.3) is 0 Å². The van der Waals surface area contributed by atoms with Crippen LogP contribution in [-0.2, 0) is 4.79 Å². The largest absolute Gasteiger partial charge is 0.403 e. The number of hydrogen-bond donors (Lipinski definition) is 0. The standard InChI is InChI=1S/C11H11F3N3O/c12-11(13,14)10(2-3-10)9(18)16-6-8(7-16)17-5-1-4-15-17/h4-5,8H,2-3,6-7H2. The van der Waals surface area contributed by atoms with Crippen LogP contribution in [0, 0.1) is 11.5 Å². The molecule has 2 aliphatic rings. The molecule has 0 bridgehead atoms. The van der Waals surface area contributed by atoms with Crippen molar-refractivity contribution in [2.24, 2.45) is 5.41 Å². The molecule has 0 N–H and O–H groups in total. The van der Waals surface area contributed by atoms with E-state index >= 15 is 0 Å². The molecule has 1 aromatic rings. The minimum Gasteiger partial charge on any atom is -0.337 e. The average Bonchev–Trinajstić information content (AvgIpc) is 2.89. The van der Waals surface area contributed by atoms with Crippen molar-refractivity contribution in [3.63, 3.8) is 0 Å². The van der Waals surface area contributed by atoms with Gasteiger partial charge in [0.1, 0.15) is 5.41 Å². The molecule has 3 rings (SSSR count). The van der Waals surface area contributed by atoms with Crippen molar-refractivity contribution in [2.45, 2.75) is 25.1 Å². The molecule has 18 heavy (non-hydrogen) atoms. The van der Waals surface area contributed by atoms with Crippen LogP contribution in [0.15, 0.2) is 12.4 Å². The number of halogens is 3. The van der Waals surface area contributed by atoms with E-state index < -0.39 is 17.5 Å². The van der Waals surface area contributed by atoms with Gasteiger partial charge in [0, 0.05) is 25.4 Å². The highest BCUT2D eigenvalue weighted by Crippen LogP contribution is 2.59. The number of rotatable bonds is 2. The molecule has 0 aromatic carbocycles. The maximum Gasteiger partial charge on any atom is 0.403 e. The summed E-state index contributed by atoms with van der Waals surface area (Å²) in [6.45, 7) is 0.596. The van der Waals surface area contributed by atoms with Crippen molar-refractivity contribution < 1.29 is 18.0 Å². The highest BCUT2D eigenvalue weighted by Gasteiger charge is 2.70. The topological polar surface area (TPSA) is 38.1 Å². The minimum atomic E-state index is -4.42. The normalized spacial score (nSPS) is 22.7. The van der Waals surface area contributed by atoms with Gasteiger partial charge in [-0.3, -0.25) is 9.48 Å². The summed E-state index contributed by atoms with van der Waals surface area (Å²) in [6, 6.07) is 2.73. The van der Waals surface area contributed by atoms with Crippen molar-refractivity contribution in [1.29, 1.82) is 0 Å². The van der Waals surface area contributed by atoms with E-state index in [1.807, 2.05) is 0 Å². The zero-order valence-electron chi connectivity index (χ0n) is 9.44. The summed E-state index contributed by atoms with van der Waals surface area (Å²) in [5.41, 5.74) is -2.09. The molecular weight excluding hydrogens is 247 g/mol. The monoisotopic (exact) mass is 258 g/mol. The molecule has 0 unspecified atom stereocenters. The lowest BCUT2D eigenvalue weighted by Crippen LogP contribution is -2.55. The summed E-state index contributed by atoms with van der Waals surface area (Å²) in [5, 5.41) is 3.96. The van der Waals surface area contributed by atoms with E-state index in [1.54, 1.807) is 10.9 Å². The van der Waals surface area contributed by atoms with Crippen LogP contribution in [0.25, 0.3) is 0 Å². The molecule has 1 aromatic heterocycles. The van der Waals surface area contributed by atoms with Gasteiger partial charge in [-0.05, 0) is 12.8 Å². The van der Waals surface area contributed by atoms with Crippen molar-refractivity contribution in [2.75, 3.05) is 13.1 Å². The Hall–Kier alpha value is -1.53. The third-order valence-corrected chi connectivity index (χ3v) is 3.70. The molecule has 1 amide bonds. The van der Waals surface area contributed by atoms with E-state index in [-0.39, 0.29) is 18.9 Å². The SMILES string of the molecule is O=C(N1CC(n2c[c]cn2)C1)C1(C(F)(F)F)CC1. The Balaban J connectivity index is 1.64. The van der Waals surface area contributed by atoms with Gasteiger partial charge in [-0.1, -0.05) is 0 Å². The Kier molecular flexibility index (Phi) is 2.24. The third kappa shape index (κ3) is 1.53. The van der Waals surface area contributed by atoms with Crippen molar-refractivity contribution in [1.82, 2.24) is 14.7 Å². The van der Waals surface area contributed by atoms with Crippen LogP contribution < -0.4 is 0 Å². The molecule has 1 saturated heterocycles. The first-order valence-electron chi connectivity index (χ1n) is 5.70. The Morgan fingerprint density at radius 3 is 2.50 bits per heavy atom. The van der Waals surface area contributed by atoms with Gasteiger partial charge in [-0.15, -0.1) is 0 Å². The molecule has 97 valence electrons. The zero-order valence-corrected chi connectivity index (χ0v) is 9.44. The van der Waals surface area contributed by atoms with Crippen LogP contribution in [0.3, 0.4) is 0 Å². The van der Waals surface area contributed by atoms with Crippen LogP contribution in [-0.4, -0.2) is 39.9 Å². The first-order valence-corrected chi connectivity index (χ1v) is 5.70. The zero-order chi connectivity index (χ0) is 13.0. The molecule has 2 heterocycles. The number of carbonyl (C=O) groups is 1. The van der Waals surface area contributed by atoms with Gasteiger partial charge >= 0.3 is 6.18 Å². The Morgan fingerprint density at radius 2 is 2.06 bits per heavy atom. The van der Waals surface area contributed by atoms with Crippen molar-refractivity contribution in [3.8, 4) is 0 Å². The minimum absolute atomic E-state index is 0.0239. The van der Waals surface area contributed by atoms with Crippen LogP contribution in [0.5, 0.6) is 0 Å². The quantitative estimate of drug-likeness (QED) is 0.804. The van der Waals surface area contributed by atoms with Gasteiger partial charge < -0.3 is 4.90 Å². The highest BCUT2D eigenvalue weighted by atomic mass is 19.4. The lowest BCUT2D eigenvalue weighted by Gasteiger charge is -2.41. The highest BCUT2D eigenvalue weighted by molar-refractivity contribution is 5.87. The van der Waals surface area contributed by atoms with Gasteiger partial charge in [-0.25, -0.2) is 0 Å². The van der Waals surface area contributed by atoms with Gasteiger partial charge in [0.2, 0.25) is 5.91 Å². The Bertz CT molecular complexity index is 458. The number of amides is 1. The molecule has 7 heteroatoms. The van der Waals surface area contributed by atoms with Crippen molar-refractivity contribution in [3.05, 3.63) is 18.5 Å². The van der Waals surface area contributed by atoms with E-state index in [0.717, 1.165) is 0 Å². The van der Waals surface area contributed by atoms with Gasteiger partial charge in [0.15, 0.2) is 0 Å². The van der Waals surface area contributed by atoms with Gasteiger partial charge in [-0.2, -0.15) is 18.3 Å². The molecule has 1 radical (unpaired) electrons.